The highest BCUT2D eigenvalue weighted by Crippen LogP contribution is 2.28. The highest BCUT2D eigenvalue weighted by molar-refractivity contribution is 5.92. The maximum absolute atomic E-state index is 11.0. The Kier molecular flexibility index (Phi) is 3.79. The zero-order chi connectivity index (χ0) is 14.7. The van der Waals surface area contributed by atoms with Gasteiger partial charge in [0.15, 0.2) is 0 Å². The van der Waals surface area contributed by atoms with E-state index in [2.05, 4.69) is 4.98 Å². The Morgan fingerprint density at radius 3 is 2.35 bits per heavy atom. The lowest BCUT2D eigenvalue weighted by molar-refractivity contribution is 0.0999. The van der Waals surface area contributed by atoms with Gasteiger partial charge in [0.05, 0.1) is 5.56 Å². The third kappa shape index (κ3) is 2.83. The van der Waals surface area contributed by atoms with Gasteiger partial charge in [-0.3, -0.25) is 9.59 Å². The molecule has 0 aliphatic heterocycles. The van der Waals surface area contributed by atoms with E-state index in [9.17, 15) is 9.59 Å². The first-order chi connectivity index (χ1) is 9.51. The van der Waals surface area contributed by atoms with Crippen molar-refractivity contribution in [1.29, 1.82) is 0 Å². The van der Waals surface area contributed by atoms with E-state index in [-0.39, 0.29) is 0 Å². The number of amides is 1. The summed E-state index contributed by atoms with van der Waals surface area (Å²) in [5.41, 5.74) is 7.75. The number of primary amides is 1. The van der Waals surface area contributed by atoms with Gasteiger partial charge in [0.2, 0.25) is 11.8 Å². The molecule has 1 aromatic heterocycles. The van der Waals surface area contributed by atoms with Crippen molar-refractivity contribution in [3.63, 3.8) is 0 Å². The first kappa shape index (κ1) is 13.7. The minimum atomic E-state index is -0.535. The molecule has 1 heterocycles. The Hall–Kier alpha value is -2.69. The van der Waals surface area contributed by atoms with Gasteiger partial charge in [-0.25, -0.2) is 4.98 Å². The Balaban J connectivity index is 2.30. The largest absolute Gasteiger partial charge is 0.438 e. The molecule has 5 nitrogen and oxygen atoms in total. The molecule has 2 N–H and O–H groups in total. The SMILES string of the molecule is Cc1cc(C=O)cc(C)c1Oc1ccc(C(N)=O)cn1. The first-order valence-corrected chi connectivity index (χ1v) is 6.01. The van der Waals surface area contributed by atoms with Gasteiger partial charge in [0.1, 0.15) is 12.0 Å². The molecule has 0 aliphatic rings. The molecule has 0 saturated carbocycles. The second-order valence-electron chi connectivity index (χ2n) is 4.45. The molecule has 5 heteroatoms. The summed E-state index contributed by atoms with van der Waals surface area (Å²) >= 11 is 0. The molecule has 0 atom stereocenters. The van der Waals surface area contributed by atoms with E-state index in [4.69, 9.17) is 10.5 Å². The van der Waals surface area contributed by atoms with Crippen LogP contribution in [0.25, 0.3) is 0 Å². The molecule has 102 valence electrons. The predicted octanol–water partition coefficient (Wildman–Crippen LogP) is 2.40. The number of benzene rings is 1. The topological polar surface area (TPSA) is 82.3 Å². The fourth-order valence-corrected chi connectivity index (χ4v) is 1.90. The van der Waals surface area contributed by atoms with Crippen molar-refractivity contribution >= 4 is 12.2 Å². The molecule has 0 radical (unpaired) electrons. The Bertz CT molecular complexity index is 640. The van der Waals surface area contributed by atoms with Crippen LogP contribution in [0.2, 0.25) is 0 Å². The van der Waals surface area contributed by atoms with Crippen LogP contribution in [0.3, 0.4) is 0 Å². The first-order valence-electron chi connectivity index (χ1n) is 6.01. The number of aldehydes is 1. The van der Waals surface area contributed by atoms with Crippen LogP contribution >= 0.6 is 0 Å². The summed E-state index contributed by atoms with van der Waals surface area (Å²) in [4.78, 5) is 25.8. The number of pyridine rings is 1. The van der Waals surface area contributed by atoms with E-state index in [1.54, 1.807) is 24.3 Å². The molecule has 0 aliphatic carbocycles. The van der Waals surface area contributed by atoms with E-state index >= 15 is 0 Å². The van der Waals surface area contributed by atoms with Gasteiger partial charge in [-0.2, -0.15) is 0 Å². The Labute approximate surface area is 116 Å². The predicted molar refractivity (Wildman–Crippen MR) is 74.1 cm³/mol. The Morgan fingerprint density at radius 1 is 1.25 bits per heavy atom. The van der Waals surface area contributed by atoms with Gasteiger partial charge >= 0.3 is 0 Å². The number of ether oxygens (including phenoxy) is 1. The number of hydrogen-bond donors (Lipinski definition) is 1. The zero-order valence-corrected chi connectivity index (χ0v) is 11.2. The van der Waals surface area contributed by atoms with Crippen molar-refractivity contribution in [3.05, 3.63) is 52.7 Å². The smallest absolute Gasteiger partial charge is 0.250 e. The van der Waals surface area contributed by atoms with E-state index < -0.39 is 5.91 Å². The molecule has 0 spiro atoms. The summed E-state index contributed by atoms with van der Waals surface area (Å²) in [7, 11) is 0. The third-order valence-electron chi connectivity index (χ3n) is 2.85. The lowest BCUT2D eigenvalue weighted by Crippen LogP contribution is -2.11. The van der Waals surface area contributed by atoms with Crippen LogP contribution in [0, 0.1) is 13.8 Å². The van der Waals surface area contributed by atoms with E-state index in [1.165, 1.54) is 6.20 Å². The number of rotatable bonds is 4. The molecule has 1 aromatic carbocycles. The van der Waals surface area contributed by atoms with Crippen LogP contribution in [-0.4, -0.2) is 17.2 Å². The fourth-order valence-electron chi connectivity index (χ4n) is 1.90. The minimum absolute atomic E-state index is 0.321. The average Bonchev–Trinajstić information content (AvgIpc) is 2.43. The van der Waals surface area contributed by atoms with Crippen molar-refractivity contribution in [1.82, 2.24) is 4.98 Å². The van der Waals surface area contributed by atoms with Crippen molar-refractivity contribution in [2.75, 3.05) is 0 Å². The van der Waals surface area contributed by atoms with Crippen LogP contribution < -0.4 is 10.5 Å². The van der Waals surface area contributed by atoms with Crippen molar-refractivity contribution in [2.45, 2.75) is 13.8 Å². The molecule has 0 bridgehead atoms. The summed E-state index contributed by atoms with van der Waals surface area (Å²) in [5, 5.41) is 0. The molecule has 0 fully saturated rings. The van der Waals surface area contributed by atoms with Gasteiger partial charge in [-0.1, -0.05) is 0 Å². The second-order valence-corrected chi connectivity index (χ2v) is 4.45. The number of carbonyl (C=O) groups excluding carboxylic acids is 2. The normalized spacial score (nSPS) is 10.1. The zero-order valence-electron chi connectivity index (χ0n) is 11.2. The molecule has 20 heavy (non-hydrogen) atoms. The van der Waals surface area contributed by atoms with Crippen molar-refractivity contribution < 1.29 is 14.3 Å². The maximum Gasteiger partial charge on any atom is 0.250 e. The molecule has 2 rings (SSSR count). The van der Waals surface area contributed by atoms with E-state index in [0.717, 1.165) is 17.4 Å². The molecule has 0 saturated heterocycles. The summed E-state index contributed by atoms with van der Waals surface area (Å²) in [6.45, 7) is 3.71. The fraction of sp³-hybridized carbons (Fsp3) is 0.133. The second kappa shape index (κ2) is 5.52. The molecular weight excluding hydrogens is 256 g/mol. The van der Waals surface area contributed by atoms with E-state index in [1.807, 2.05) is 13.8 Å². The van der Waals surface area contributed by atoms with Crippen LogP contribution in [0.15, 0.2) is 30.5 Å². The van der Waals surface area contributed by atoms with Gasteiger partial charge < -0.3 is 10.5 Å². The van der Waals surface area contributed by atoms with Crippen LogP contribution in [0.4, 0.5) is 0 Å². The number of aromatic nitrogens is 1. The number of nitrogens with zero attached hydrogens (tertiary/aromatic N) is 1. The molecular formula is C15H14N2O3. The van der Waals surface area contributed by atoms with Crippen LogP contribution in [0.1, 0.15) is 31.8 Å². The Morgan fingerprint density at radius 2 is 1.90 bits per heavy atom. The van der Waals surface area contributed by atoms with E-state index in [0.29, 0.717) is 22.8 Å². The molecule has 0 unspecified atom stereocenters. The number of carbonyl (C=O) groups is 2. The summed E-state index contributed by atoms with van der Waals surface area (Å²) in [5.74, 6) is 0.474. The molecule has 1 amide bonds. The van der Waals surface area contributed by atoms with Gasteiger partial charge in [0, 0.05) is 17.8 Å². The lowest BCUT2D eigenvalue weighted by Gasteiger charge is -2.11. The average molecular weight is 270 g/mol. The number of nitrogens with two attached hydrogens (primary N) is 1. The monoisotopic (exact) mass is 270 g/mol. The van der Waals surface area contributed by atoms with Crippen LogP contribution in [-0.2, 0) is 0 Å². The third-order valence-corrected chi connectivity index (χ3v) is 2.85. The van der Waals surface area contributed by atoms with Crippen LogP contribution in [0.5, 0.6) is 11.6 Å². The van der Waals surface area contributed by atoms with Gasteiger partial charge in [-0.05, 0) is 43.2 Å². The summed E-state index contributed by atoms with van der Waals surface area (Å²) < 4.78 is 5.69. The van der Waals surface area contributed by atoms with Crippen molar-refractivity contribution in [2.24, 2.45) is 5.73 Å². The maximum atomic E-state index is 11.0. The van der Waals surface area contributed by atoms with Gasteiger partial charge in [-0.15, -0.1) is 0 Å². The summed E-state index contributed by atoms with van der Waals surface area (Å²) in [6.07, 6.45) is 2.16. The summed E-state index contributed by atoms with van der Waals surface area (Å²) in [6, 6.07) is 6.61. The highest BCUT2D eigenvalue weighted by Gasteiger charge is 2.09. The standard InChI is InChI=1S/C15H14N2O3/c1-9-5-11(8-18)6-10(2)14(9)20-13-4-3-12(7-17-13)15(16)19/h3-8H,1-2H3,(H2,16,19). The number of hydrogen-bond acceptors (Lipinski definition) is 4. The van der Waals surface area contributed by atoms with Crippen molar-refractivity contribution in [3.8, 4) is 11.6 Å². The quantitative estimate of drug-likeness (QED) is 0.865. The minimum Gasteiger partial charge on any atom is -0.438 e. The highest BCUT2D eigenvalue weighted by atomic mass is 16.5. The number of aryl methyl sites for hydroxylation is 2. The lowest BCUT2D eigenvalue weighted by atomic mass is 10.1. The molecule has 2 aromatic rings. The van der Waals surface area contributed by atoms with Gasteiger partial charge in [0.25, 0.3) is 0 Å².